The van der Waals surface area contributed by atoms with Gasteiger partial charge in [-0.15, -0.1) is 0 Å². The predicted molar refractivity (Wildman–Crippen MR) is 334 cm³/mol. The molecule has 0 saturated heterocycles. The van der Waals surface area contributed by atoms with Gasteiger partial charge in [0.1, 0.15) is 13.2 Å². The molecular formula is C70H123NO8. The number of carboxylic acids is 1. The number of hydrogen-bond donors (Lipinski definition) is 0. The number of nitrogens with zero attached hydrogens (tertiary/aromatic N) is 1. The van der Waals surface area contributed by atoms with Crippen LogP contribution < -0.4 is 5.11 Å². The van der Waals surface area contributed by atoms with Gasteiger partial charge in [0.05, 0.1) is 40.3 Å². The topological polar surface area (TPSA) is 111 Å². The van der Waals surface area contributed by atoms with Gasteiger partial charge < -0.3 is 33.3 Å². The summed E-state index contributed by atoms with van der Waals surface area (Å²) in [5, 5.41) is 11.8. The molecule has 0 aliphatic heterocycles. The number of carbonyl (C=O) groups is 3. The molecule has 0 rings (SSSR count). The highest BCUT2D eigenvalue weighted by molar-refractivity contribution is 5.70. The molecule has 0 N–H and O–H groups in total. The van der Waals surface area contributed by atoms with Gasteiger partial charge >= 0.3 is 11.9 Å². The van der Waals surface area contributed by atoms with Crippen LogP contribution in [0.1, 0.15) is 284 Å². The molecule has 0 saturated carbocycles. The monoisotopic (exact) mass is 1110 g/mol. The number of unbranched alkanes of at least 4 members (excludes halogenated alkanes) is 31. The molecule has 0 aromatic heterocycles. The largest absolute Gasteiger partial charge is 0.545 e. The molecule has 456 valence electrons. The Kier molecular flexibility index (Phi) is 57.9. The van der Waals surface area contributed by atoms with Crippen molar-refractivity contribution in [1.82, 2.24) is 0 Å². The Morgan fingerprint density at radius 2 is 0.722 bits per heavy atom. The Balaban J connectivity index is 3.97. The second kappa shape index (κ2) is 60.6. The quantitative estimate of drug-likeness (QED) is 0.0195. The number of esters is 2. The van der Waals surface area contributed by atoms with E-state index in [9.17, 15) is 19.5 Å². The second-order valence-corrected chi connectivity index (χ2v) is 23.0. The number of carboxylic acid groups (broad SMARTS) is 1. The highest BCUT2D eigenvalue weighted by Crippen LogP contribution is 2.17. The summed E-state index contributed by atoms with van der Waals surface area (Å²) in [5.41, 5.74) is 0. The highest BCUT2D eigenvalue weighted by atomic mass is 16.7. The number of rotatable bonds is 60. The number of allylic oxidation sites excluding steroid dienone is 14. The average molecular weight is 1110 g/mol. The zero-order chi connectivity index (χ0) is 57.6. The van der Waals surface area contributed by atoms with Crippen LogP contribution in [0, 0.1) is 0 Å². The van der Waals surface area contributed by atoms with E-state index in [1.165, 1.54) is 180 Å². The summed E-state index contributed by atoms with van der Waals surface area (Å²) in [5.74, 6) is -2.34. The molecule has 0 amide bonds. The first-order valence-corrected chi connectivity index (χ1v) is 32.7. The van der Waals surface area contributed by atoms with E-state index in [4.69, 9.17) is 18.9 Å². The molecule has 0 aliphatic carbocycles. The van der Waals surface area contributed by atoms with Crippen molar-refractivity contribution in [1.29, 1.82) is 0 Å². The summed E-state index contributed by atoms with van der Waals surface area (Å²) in [6.07, 6.45) is 78.3. The van der Waals surface area contributed by atoms with Crippen molar-refractivity contribution in [2.75, 3.05) is 47.5 Å². The zero-order valence-corrected chi connectivity index (χ0v) is 52.0. The Morgan fingerprint density at radius 3 is 1.10 bits per heavy atom. The van der Waals surface area contributed by atoms with Crippen LogP contribution >= 0.6 is 0 Å². The van der Waals surface area contributed by atoms with E-state index in [1.807, 2.05) is 21.1 Å². The van der Waals surface area contributed by atoms with Gasteiger partial charge in [0, 0.05) is 12.8 Å². The maximum atomic E-state index is 12.8. The first-order chi connectivity index (χ1) is 38.6. The molecule has 0 aromatic rings. The van der Waals surface area contributed by atoms with E-state index in [1.54, 1.807) is 0 Å². The lowest BCUT2D eigenvalue weighted by Crippen LogP contribution is -2.44. The first-order valence-electron chi connectivity index (χ1n) is 32.7. The zero-order valence-electron chi connectivity index (χ0n) is 52.0. The minimum atomic E-state index is -1.63. The van der Waals surface area contributed by atoms with Crippen LogP contribution in [0.2, 0.25) is 0 Å². The number of carbonyl (C=O) groups excluding carboxylic acids is 3. The van der Waals surface area contributed by atoms with Crippen LogP contribution in [-0.2, 0) is 33.3 Å². The van der Waals surface area contributed by atoms with Gasteiger partial charge in [-0.3, -0.25) is 9.59 Å². The fourth-order valence-electron chi connectivity index (χ4n) is 9.12. The average Bonchev–Trinajstić information content (AvgIpc) is 3.42. The molecule has 0 aliphatic rings. The van der Waals surface area contributed by atoms with Crippen LogP contribution in [0.3, 0.4) is 0 Å². The van der Waals surface area contributed by atoms with E-state index in [0.717, 1.165) is 70.6 Å². The van der Waals surface area contributed by atoms with E-state index < -0.39 is 24.3 Å². The molecule has 0 bridgehead atoms. The van der Waals surface area contributed by atoms with Crippen molar-refractivity contribution >= 4 is 17.9 Å². The molecule has 0 heterocycles. The smallest absolute Gasteiger partial charge is 0.306 e. The summed E-state index contributed by atoms with van der Waals surface area (Å²) in [4.78, 5) is 37.3. The van der Waals surface area contributed by atoms with Gasteiger partial charge in [0.2, 0.25) is 0 Å². The Bertz CT molecular complexity index is 1570. The molecule has 79 heavy (non-hydrogen) atoms. The number of quaternary nitrogens is 1. The van der Waals surface area contributed by atoms with E-state index in [2.05, 4.69) is 98.9 Å². The van der Waals surface area contributed by atoms with Crippen LogP contribution in [0.25, 0.3) is 0 Å². The van der Waals surface area contributed by atoms with Crippen LogP contribution in [0.5, 0.6) is 0 Å². The minimum absolute atomic E-state index is 0.138. The molecule has 0 aromatic carbocycles. The lowest BCUT2D eigenvalue weighted by Gasteiger charge is -2.26. The molecular weight excluding hydrogens is 983 g/mol. The molecule has 2 atom stereocenters. The fraction of sp³-hybridized carbons (Fsp3) is 0.757. The standard InChI is InChI=1S/C70H123NO8/c1-6-8-10-12-14-16-18-20-22-23-24-25-26-27-28-29-30-31-32-33-34-35-36-37-38-39-40-41-42-43-44-45-47-48-50-52-54-56-58-60-67(72)77-64-66(65-78-70(69(74)75)76-63-62-71(3,4)5)79-68(73)61-59-57-55-53-51-49-46-21-19-17-15-13-11-9-7-2/h9,11,15,17-18,20-21,23-24,26-27,46,51,53,66,70H,6-8,10,12-14,16,19,22,25,28-45,47-50,52,54-65H2,1-5H3/b11-9-,17-15-,20-18-,24-23-,27-26-,46-21-,53-51-. The minimum Gasteiger partial charge on any atom is -0.545 e. The van der Waals surface area contributed by atoms with Crippen molar-refractivity contribution in [2.45, 2.75) is 296 Å². The summed E-state index contributed by atoms with van der Waals surface area (Å²) in [6.45, 7) is 4.58. The van der Waals surface area contributed by atoms with Crippen LogP contribution in [-0.4, -0.2) is 82.3 Å². The lowest BCUT2D eigenvalue weighted by molar-refractivity contribution is -0.870. The molecule has 0 radical (unpaired) electrons. The summed E-state index contributed by atoms with van der Waals surface area (Å²) in [7, 11) is 5.91. The SMILES string of the molecule is CC/C=C\C/C=C\C/C=C\C/C=C\CCCCC(=O)OC(COC(=O)CCCCCCCCCCCCCCCCCCCCCCCCCC/C=C\C/C=C\C/C=C\CCCCCCC)COC(OCC[N+](C)(C)C)C(=O)[O-]. The van der Waals surface area contributed by atoms with Crippen molar-refractivity contribution in [3.63, 3.8) is 0 Å². The normalized spacial score (nSPS) is 13.3. The van der Waals surface area contributed by atoms with Gasteiger partial charge in [0.25, 0.3) is 0 Å². The van der Waals surface area contributed by atoms with Crippen molar-refractivity contribution in [3.8, 4) is 0 Å². The van der Waals surface area contributed by atoms with Gasteiger partial charge in [-0.25, -0.2) is 0 Å². The summed E-state index contributed by atoms with van der Waals surface area (Å²) < 4.78 is 22.6. The Morgan fingerprint density at radius 1 is 0.392 bits per heavy atom. The number of ether oxygens (including phenoxy) is 4. The van der Waals surface area contributed by atoms with E-state index in [0.29, 0.717) is 17.4 Å². The Hall–Kier alpha value is -3.53. The van der Waals surface area contributed by atoms with Crippen LogP contribution in [0.4, 0.5) is 0 Å². The Labute approximate surface area is 487 Å². The maximum absolute atomic E-state index is 12.8. The van der Waals surface area contributed by atoms with E-state index in [-0.39, 0.29) is 38.6 Å². The third kappa shape index (κ3) is 61.9. The molecule has 2 unspecified atom stereocenters. The predicted octanol–water partition coefficient (Wildman–Crippen LogP) is 18.6. The van der Waals surface area contributed by atoms with Gasteiger partial charge in [-0.05, 0) is 89.9 Å². The summed E-state index contributed by atoms with van der Waals surface area (Å²) in [6, 6.07) is 0. The van der Waals surface area contributed by atoms with Gasteiger partial charge in [0.15, 0.2) is 12.4 Å². The van der Waals surface area contributed by atoms with E-state index >= 15 is 0 Å². The molecule has 0 spiro atoms. The van der Waals surface area contributed by atoms with Crippen molar-refractivity contribution in [3.05, 3.63) is 85.1 Å². The molecule has 9 heteroatoms. The first kappa shape index (κ1) is 75.5. The molecule has 0 fully saturated rings. The highest BCUT2D eigenvalue weighted by Gasteiger charge is 2.22. The maximum Gasteiger partial charge on any atom is 0.306 e. The third-order valence-electron chi connectivity index (χ3n) is 14.1. The fourth-order valence-corrected chi connectivity index (χ4v) is 9.12. The van der Waals surface area contributed by atoms with Crippen molar-refractivity contribution in [2.24, 2.45) is 0 Å². The summed E-state index contributed by atoms with van der Waals surface area (Å²) >= 11 is 0. The van der Waals surface area contributed by atoms with Crippen molar-refractivity contribution < 1.29 is 42.9 Å². The molecule has 9 nitrogen and oxygen atoms in total. The van der Waals surface area contributed by atoms with Gasteiger partial charge in [-0.2, -0.15) is 0 Å². The lowest BCUT2D eigenvalue weighted by atomic mass is 10.0. The number of hydrogen-bond acceptors (Lipinski definition) is 8. The van der Waals surface area contributed by atoms with Crippen LogP contribution in [0.15, 0.2) is 85.1 Å². The third-order valence-corrected chi connectivity index (χ3v) is 14.1. The number of likely N-dealkylation sites (N-methyl/N-ethyl adjacent to an activating group) is 1. The number of aliphatic carboxylic acids is 1. The van der Waals surface area contributed by atoms with Gasteiger partial charge in [-0.1, -0.05) is 266 Å². The second-order valence-electron chi connectivity index (χ2n) is 23.0.